The zero-order valence-electron chi connectivity index (χ0n) is 18.0. The molecule has 166 valence electrons. The predicted octanol–water partition coefficient (Wildman–Crippen LogP) is 6.23. The van der Waals surface area contributed by atoms with Gasteiger partial charge in [0.25, 0.3) is 0 Å². The molecule has 2 aliphatic carbocycles. The maximum atomic E-state index is 15.0. The fraction of sp³-hybridized carbons (Fsp3) is 0.296. The van der Waals surface area contributed by atoms with E-state index in [0.717, 1.165) is 34.4 Å². The van der Waals surface area contributed by atoms with Gasteiger partial charge in [-0.1, -0.05) is 47.7 Å². The Morgan fingerprint density at radius 3 is 2.55 bits per heavy atom. The molecule has 4 aromatic rings. The molecule has 0 atom stereocenters. The molecule has 6 heteroatoms. The molecule has 2 fully saturated rings. The first-order valence-electron chi connectivity index (χ1n) is 11.4. The number of nitrogens with zero attached hydrogens (tertiary/aromatic N) is 2. The van der Waals surface area contributed by atoms with Gasteiger partial charge in [0.2, 0.25) is 0 Å². The topological polar surface area (TPSA) is 63.1 Å². The van der Waals surface area contributed by atoms with Crippen molar-refractivity contribution in [3.63, 3.8) is 0 Å². The molecule has 2 heterocycles. The molecule has 33 heavy (non-hydrogen) atoms. The molecule has 2 saturated carbocycles. The van der Waals surface area contributed by atoms with Crippen molar-refractivity contribution in [3.8, 4) is 10.6 Å². The van der Waals surface area contributed by atoms with Crippen molar-refractivity contribution in [1.82, 2.24) is 9.97 Å². The molecular weight excluding hydrogens is 435 g/mol. The highest BCUT2D eigenvalue weighted by molar-refractivity contribution is 7.21. The van der Waals surface area contributed by atoms with Crippen LogP contribution in [0.15, 0.2) is 60.7 Å². The Morgan fingerprint density at radius 2 is 1.85 bits per heavy atom. The van der Waals surface area contributed by atoms with Crippen LogP contribution >= 0.6 is 11.3 Å². The van der Waals surface area contributed by atoms with Crippen molar-refractivity contribution in [2.75, 3.05) is 0 Å². The Labute approximate surface area is 195 Å². The maximum Gasteiger partial charge on any atom is 0.306 e. The molecule has 2 aromatic heterocycles. The molecule has 0 bridgehead atoms. The van der Waals surface area contributed by atoms with Crippen molar-refractivity contribution < 1.29 is 14.3 Å². The van der Waals surface area contributed by atoms with E-state index < -0.39 is 5.97 Å². The van der Waals surface area contributed by atoms with Crippen molar-refractivity contribution >= 4 is 27.7 Å². The minimum atomic E-state index is -0.725. The van der Waals surface area contributed by atoms with Gasteiger partial charge in [0.15, 0.2) is 0 Å². The normalized spacial score (nSPS) is 21.0. The summed E-state index contributed by atoms with van der Waals surface area (Å²) in [6.45, 7) is 0. The van der Waals surface area contributed by atoms with Crippen molar-refractivity contribution in [2.24, 2.45) is 11.8 Å². The number of rotatable bonds is 6. The highest BCUT2D eigenvalue weighted by atomic mass is 32.1. The number of aliphatic carboxylic acids is 1. The Kier molecular flexibility index (Phi) is 4.80. The number of benzene rings is 2. The van der Waals surface area contributed by atoms with Crippen molar-refractivity contribution in [2.45, 2.75) is 37.5 Å². The van der Waals surface area contributed by atoms with Crippen LogP contribution in [0.1, 0.15) is 42.5 Å². The monoisotopic (exact) mass is 458 g/mol. The molecule has 2 aliphatic rings. The Hall–Kier alpha value is -3.12. The highest BCUT2D eigenvalue weighted by Crippen LogP contribution is 2.53. The van der Waals surface area contributed by atoms with Gasteiger partial charge < -0.3 is 5.11 Å². The first kappa shape index (κ1) is 20.5. The summed E-state index contributed by atoms with van der Waals surface area (Å²) in [7, 11) is 0. The van der Waals surface area contributed by atoms with E-state index in [1.54, 1.807) is 12.1 Å². The standard InChI is InChI=1S/C27H23FN2O2S/c28-21-15-16(12-17-13-18(14-17)26(31)32)6-7-20(21)24-29-22-8-9-23(30-25(22)33-24)27(10-11-27)19-4-2-1-3-5-19/h1-9,15,17-18H,10-14H2,(H,31,32)/t17-,18-. The van der Waals surface area contributed by atoms with Crippen LogP contribution in [-0.2, 0) is 16.6 Å². The third-order valence-corrected chi connectivity index (χ3v) is 8.19. The van der Waals surface area contributed by atoms with E-state index in [2.05, 4.69) is 35.3 Å². The van der Waals surface area contributed by atoms with Gasteiger partial charge in [-0.2, -0.15) is 0 Å². The summed E-state index contributed by atoms with van der Waals surface area (Å²) < 4.78 is 15.0. The van der Waals surface area contributed by atoms with Crippen LogP contribution in [0.5, 0.6) is 0 Å². The minimum Gasteiger partial charge on any atom is -0.481 e. The molecule has 1 N–H and O–H groups in total. The lowest BCUT2D eigenvalue weighted by Gasteiger charge is -2.32. The van der Waals surface area contributed by atoms with Gasteiger partial charge in [0, 0.05) is 11.0 Å². The predicted molar refractivity (Wildman–Crippen MR) is 127 cm³/mol. The summed E-state index contributed by atoms with van der Waals surface area (Å²) in [5, 5.41) is 9.67. The number of carboxylic acid groups (broad SMARTS) is 1. The van der Waals surface area contributed by atoms with Gasteiger partial charge in [-0.15, -0.1) is 0 Å². The third-order valence-electron chi connectivity index (χ3n) is 7.20. The lowest BCUT2D eigenvalue weighted by Crippen LogP contribution is -2.31. The summed E-state index contributed by atoms with van der Waals surface area (Å²) in [6, 6.07) is 19.9. The second-order valence-electron chi connectivity index (χ2n) is 9.38. The molecule has 0 spiro atoms. The van der Waals surface area contributed by atoms with E-state index in [1.807, 2.05) is 18.2 Å². The van der Waals surface area contributed by atoms with Crippen LogP contribution < -0.4 is 0 Å². The number of carboxylic acids is 1. The van der Waals surface area contributed by atoms with E-state index in [-0.39, 0.29) is 17.2 Å². The van der Waals surface area contributed by atoms with E-state index in [4.69, 9.17) is 10.1 Å². The van der Waals surface area contributed by atoms with E-state index in [9.17, 15) is 9.18 Å². The smallest absolute Gasteiger partial charge is 0.306 e. The molecule has 0 unspecified atom stereocenters. The van der Waals surface area contributed by atoms with Crippen LogP contribution in [0.3, 0.4) is 0 Å². The first-order valence-corrected chi connectivity index (χ1v) is 12.2. The summed E-state index contributed by atoms with van der Waals surface area (Å²) >= 11 is 1.43. The molecule has 0 saturated heterocycles. The average Bonchev–Trinajstić information content (AvgIpc) is 3.49. The SMILES string of the molecule is O=C(O)[C@H]1C[C@H](Cc2ccc(-c3nc4ccc(C5(c6ccccc6)CC5)nc4s3)c(F)c2)C1. The molecule has 2 aromatic carbocycles. The molecule has 0 amide bonds. The zero-order valence-corrected chi connectivity index (χ0v) is 18.8. The van der Waals surface area contributed by atoms with Crippen LogP contribution in [-0.4, -0.2) is 21.0 Å². The maximum absolute atomic E-state index is 15.0. The zero-order chi connectivity index (χ0) is 22.6. The summed E-state index contributed by atoms with van der Waals surface area (Å²) in [5.41, 5.74) is 4.54. The Bertz CT molecular complexity index is 1360. The number of fused-ring (bicyclic) bond motifs is 1. The molecular formula is C27H23FN2O2S. The average molecular weight is 459 g/mol. The van der Waals surface area contributed by atoms with Gasteiger partial charge in [0.05, 0.1) is 11.6 Å². The Morgan fingerprint density at radius 1 is 1.06 bits per heavy atom. The lowest BCUT2D eigenvalue weighted by atomic mass is 9.72. The van der Waals surface area contributed by atoms with E-state index in [1.165, 1.54) is 16.9 Å². The number of aromatic nitrogens is 2. The number of hydrogen-bond donors (Lipinski definition) is 1. The Balaban J connectivity index is 1.25. The second-order valence-corrected chi connectivity index (χ2v) is 10.4. The van der Waals surface area contributed by atoms with Crippen LogP contribution in [0.2, 0.25) is 0 Å². The largest absolute Gasteiger partial charge is 0.481 e. The van der Waals surface area contributed by atoms with E-state index in [0.29, 0.717) is 35.8 Å². The number of hydrogen-bond acceptors (Lipinski definition) is 4. The minimum absolute atomic E-state index is 0.00628. The number of carbonyl (C=O) groups is 1. The highest BCUT2D eigenvalue weighted by Gasteiger charge is 2.47. The fourth-order valence-electron chi connectivity index (χ4n) is 5.07. The number of halogens is 1. The molecule has 0 radical (unpaired) electrons. The number of pyridine rings is 1. The van der Waals surface area contributed by atoms with Crippen molar-refractivity contribution in [3.05, 3.63) is 83.3 Å². The van der Waals surface area contributed by atoms with Gasteiger partial charge in [-0.05, 0) is 73.4 Å². The van der Waals surface area contributed by atoms with Crippen LogP contribution in [0.4, 0.5) is 4.39 Å². The van der Waals surface area contributed by atoms with Gasteiger partial charge in [0.1, 0.15) is 21.2 Å². The van der Waals surface area contributed by atoms with Crippen LogP contribution in [0, 0.1) is 17.7 Å². The van der Waals surface area contributed by atoms with Gasteiger partial charge in [-0.25, -0.2) is 14.4 Å². The number of thiazole rings is 1. The lowest BCUT2D eigenvalue weighted by molar-refractivity contribution is -0.146. The quantitative estimate of drug-likeness (QED) is 0.372. The van der Waals surface area contributed by atoms with Crippen molar-refractivity contribution in [1.29, 1.82) is 0 Å². The van der Waals surface area contributed by atoms with Gasteiger partial charge >= 0.3 is 5.97 Å². The summed E-state index contributed by atoms with van der Waals surface area (Å²) in [4.78, 5) is 21.4. The summed E-state index contributed by atoms with van der Waals surface area (Å²) in [6.07, 6.45) is 4.24. The molecule has 0 aliphatic heterocycles. The van der Waals surface area contributed by atoms with Crippen LogP contribution in [0.25, 0.3) is 20.9 Å². The van der Waals surface area contributed by atoms with Gasteiger partial charge in [-0.3, -0.25) is 4.79 Å². The van der Waals surface area contributed by atoms with E-state index >= 15 is 0 Å². The molecule has 4 nitrogen and oxygen atoms in total. The summed E-state index contributed by atoms with van der Waals surface area (Å²) in [5.74, 6) is -0.933. The third kappa shape index (κ3) is 3.62. The fourth-order valence-corrected chi connectivity index (χ4v) is 6.03. The second kappa shape index (κ2) is 7.73. The molecule has 6 rings (SSSR count). The first-order chi connectivity index (χ1) is 16.0.